The van der Waals surface area contributed by atoms with Gasteiger partial charge in [0.25, 0.3) is 0 Å². The van der Waals surface area contributed by atoms with Crippen molar-refractivity contribution in [2.75, 3.05) is 50.3 Å². The van der Waals surface area contributed by atoms with Gasteiger partial charge in [0.05, 0.1) is 18.5 Å². The minimum atomic E-state index is -0.140. The summed E-state index contributed by atoms with van der Waals surface area (Å²) < 4.78 is 16.1. The van der Waals surface area contributed by atoms with E-state index in [-0.39, 0.29) is 12.8 Å². The monoisotopic (exact) mass is 433 g/mol. The van der Waals surface area contributed by atoms with Crippen molar-refractivity contribution in [3.05, 3.63) is 54.6 Å². The summed E-state index contributed by atoms with van der Waals surface area (Å²) in [5, 5.41) is 11.7. The first-order chi connectivity index (χ1) is 15.7. The van der Waals surface area contributed by atoms with Gasteiger partial charge in [0, 0.05) is 31.7 Å². The molecule has 0 bridgehead atoms. The van der Waals surface area contributed by atoms with Crippen molar-refractivity contribution in [2.24, 2.45) is 0 Å². The number of carbonyl (C=O) groups is 1. The molecule has 1 N–H and O–H groups in total. The number of urea groups is 1. The number of hydrogen-bond donors (Lipinski definition) is 1. The third-order valence-electron chi connectivity index (χ3n) is 5.56. The van der Waals surface area contributed by atoms with E-state index in [1.165, 1.54) is 0 Å². The van der Waals surface area contributed by atoms with Crippen LogP contribution in [-0.2, 0) is 0 Å². The Balaban J connectivity index is 1.19. The van der Waals surface area contributed by atoms with Crippen molar-refractivity contribution in [1.82, 2.24) is 15.1 Å². The molecule has 1 saturated heterocycles. The Morgan fingerprint density at radius 1 is 0.969 bits per heavy atom. The molecular formula is C23H23N5O4. The smallest absolute Gasteiger partial charge is 0.322 e. The van der Waals surface area contributed by atoms with Gasteiger partial charge in [0.1, 0.15) is 5.75 Å². The van der Waals surface area contributed by atoms with Crippen LogP contribution in [0.2, 0.25) is 0 Å². The Morgan fingerprint density at radius 2 is 1.78 bits per heavy atom. The summed E-state index contributed by atoms with van der Waals surface area (Å²) in [6, 6.07) is 16.9. The van der Waals surface area contributed by atoms with E-state index in [1.807, 2.05) is 54.6 Å². The van der Waals surface area contributed by atoms with Crippen LogP contribution in [0.1, 0.15) is 0 Å². The fourth-order valence-corrected chi connectivity index (χ4v) is 3.78. The molecule has 5 rings (SSSR count). The Kier molecular flexibility index (Phi) is 5.37. The van der Waals surface area contributed by atoms with Gasteiger partial charge < -0.3 is 29.3 Å². The van der Waals surface area contributed by atoms with Crippen molar-refractivity contribution in [3.63, 3.8) is 0 Å². The molecule has 0 atom stereocenters. The molecule has 0 saturated carbocycles. The van der Waals surface area contributed by atoms with Crippen LogP contribution in [0, 0.1) is 0 Å². The number of nitrogens with one attached hydrogen (secondary N) is 1. The zero-order valence-corrected chi connectivity index (χ0v) is 17.7. The van der Waals surface area contributed by atoms with Crippen LogP contribution < -0.4 is 24.4 Å². The topological polar surface area (TPSA) is 89.1 Å². The Hall–Kier alpha value is -4.01. The highest BCUT2D eigenvalue weighted by atomic mass is 16.7. The molecule has 3 heterocycles. The van der Waals surface area contributed by atoms with E-state index in [4.69, 9.17) is 14.2 Å². The second-order valence-electron chi connectivity index (χ2n) is 7.45. The van der Waals surface area contributed by atoms with Crippen molar-refractivity contribution >= 4 is 17.5 Å². The lowest BCUT2D eigenvalue weighted by Crippen LogP contribution is -2.50. The highest BCUT2D eigenvalue weighted by Crippen LogP contribution is 2.35. The number of anilines is 2. The van der Waals surface area contributed by atoms with Gasteiger partial charge in [-0.1, -0.05) is 12.1 Å². The molecule has 32 heavy (non-hydrogen) atoms. The van der Waals surface area contributed by atoms with Crippen molar-refractivity contribution < 1.29 is 19.0 Å². The van der Waals surface area contributed by atoms with E-state index < -0.39 is 0 Å². The summed E-state index contributed by atoms with van der Waals surface area (Å²) in [7, 11) is 1.59. The quantitative estimate of drug-likeness (QED) is 0.676. The zero-order chi connectivity index (χ0) is 21.9. The standard InChI is InChI=1S/C23H23N5O4/c1-30-19-5-3-2-4-18(19)24-23(29)28-12-10-27(11-13-28)22-9-7-17(25-26-22)16-6-8-20-21(14-16)32-15-31-20/h2-9,14H,10-13,15H2,1H3,(H,24,29). The van der Waals surface area contributed by atoms with E-state index in [2.05, 4.69) is 20.4 Å². The van der Waals surface area contributed by atoms with Gasteiger partial charge in [0.2, 0.25) is 6.79 Å². The molecule has 3 aromatic rings. The first kappa shape index (κ1) is 19.9. The lowest BCUT2D eigenvalue weighted by Gasteiger charge is -2.35. The minimum Gasteiger partial charge on any atom is -0.495 e. The van der Waals surface area contributed by atoms with Crippen molar-refractivity contribution in [1.29, 1.82) is 0 Å². The summed E-state index contributed by atoms with van der Waals surface area (Å²) in [5.41, 5.74) is 2.35. The van der Waals surface area contributed by atoms with Gasteiger partial charge in [-0.05, 0) is 42.5 Å². The molecule has 0 aliphatic carbocycles. The maximum atomic E-state index is 12.7. The molecule has 0 spiro atoms. The van der Waals surface area contributed by atoms with Crippen LogP contribution in [0.5, 0.6) is 17.2 Å². The average molecular weight is 433 g/mol. The second kappa shape index (κ2) is 8.62. The fraction of sp³-hybridized carbons (Fsp3) is 0.261. The molecule has 164 valence electrons. The summed E-state index contributed by atoms with van der Waals surface area (Å²) >= 11 is 0. The first-order valence-electron chi connectivity index (χ1n) is 10.4. The zero-order valence-electron chi connectivity index (χ0n) is 17.7. The van der Waals surface area contributed by atoms with E-state index in [0.29, 0.717) is 37.6 Å². The molecule has 0 radical (unpaired) electrons. The average Bonchev–Trinajstić information content (AvgIpc) is 3.32. The summed E-state index contributed by atoms with van der Waals surface area (Å²) in [5.74, 6) is 2.89. The third kappa shape index (κ3) is 3.96. The molecule has 2 aromatic carbocycles. The number of amides is 2. The lowest BCUT2D eigenvalue weighted by molar-refractivity contribution is 0.174. The van der Waals surface area contributed by atoms with Crippen LogP contribution in [-0.4, -0.2) is 61.2 Å². The number of fused-ring (bicyclic) bond motifs is 1. The predicted octanol–water partition coefficient (Wildman–Crippen LogP) is 3.24. The second-order valence-corrected chi connectivity index (χ2v) is 7.45. The summed E-state index contributed by atoms with van der Waals surface area (Å²) in [6.45, 7) is 2.78. The fourth-order valence-electron chi connectivity index (χ4n) is 3.78. The summed E-state index contributed by atoms with van der Waals surface area (Å²) in [6.07, 6.45) is 0. The summed E-state index contributed by atoms with van der Waals surface area (Å²) in [4.78, 5) is 16.6. The lowest BCUT2D eigenvalue weighted by atomic mass is 10.1. The number of nitrogens with zero attached hydrogens (tertiary/aromatic N) is 4. The number of benzene rings is 2. The molecule has 1 aromatic heterocycles. The highest BCUT2D eigenvalue weighted by Gasteiger charge is 2.23. The first-order valence-corrected chi connectivity index (χ1v) is 10.4. The van der Waals surface area contributed by atoms with Crippen LogP contribution >= 0.6 is 0 Å². The van der Waals surface area contributed by atoms with E-state index >= 15 is 0 Å². The number of ether oxygens (including phenoxy) is 3. The maximum absolute atomic E-state index is 12.7. The molecule has 9 heteroatoms. The van der Waals surface area contributed by atoms with Gasteiger partial charge >= 0.3 is 6.03 Å². The number of carbonyl (C=O) groups excluding carboxylic acids is 1. The molecule has 9 nitrogen and oxygen atoms in total. The Morgan fingerprint density at radius 3 is 2.56 bits per heavy atom. The number of hydrogen-bond acceptors (Lipinski definition) is 7. The minimum absolute atomic E-state index is 0.140. The van der Waals surface area contributed by atoms with Gasteiger partial charge in [-0.25, -0.2) is 4.79 Å². The number of aromatic nitrogens is 2. The van der Waals surface area contributed by atoms with Gasteiger partial charge in [0.15, 0.2) is 17.3 Å². The number of para-hydroxylation sites is 2. The SMILES string of the molecule is COc1ccccc1NC(=O)N1CCN(c2ccc(-c3ccc4c(c3)OCO4)nn2)CC1. The largest absolute Gasteiger partial charge is 0.495 e. The Bertz CT molecular complexity index is 1110. The number of methoxy groups -OCH3 is 1. The van der Waals surface area contributed by atoms with Crippen molar-refractivity contribution in [2.45, 2.75) is 0 Å². The highest BCUT2D eigenvalue weighted by molar-refractivity contribution is 5.91. The molecule has 2 amide bonds. The predicted molar refractivity (Wildman–Crippen MR) is 119 cm³/mol. The Labute approximate surface area is 185 Å². The van der Waals surface area contributed by atoms with Gasteiger partial charge in [-0.15, -0.1) is 10.2 Å². The van der Waals surface area contributed by atoms with E-state index in [1.54, 1.807) is 12.0 Å². The molecule has 1 fully saturated rings. The number of piperazine rings is 1. The van der Waals surface area contributed by atoms with Crippen LogP contribution in [0.4, 0.5) is 16.3 Å². The van der Waals surface area contributed by atoms with Crippen LogP contribution in [0.25, 0.3) is 11.3 Å². The van der Waals surface area contributed by atoms with Gasteiger partial charge in [-0.3, -0.25) is 0 Å². The molecule has 0 unspecified atom stereocenters. The maximum Gasteiger partial charge on any atom is 0.322 e. The molecular weight excluding hydrogens is 410 g/mol. The van der Waals surface area contributed by atoms with Gasteiger partial charge in [-0.2, -0.15) is 0 Å². The number of rotatable bonds is 4. The third-order valence-corrected chi connectivity index (χ3v) is 5.56. The van der Waals surface area contributed by atoms with E-state index in [9.17, 15) is 4.79 Å². The van der Waals surface area contributed by atoms with E-state index in [0.717, 1.165) is 28.6 Å². The molecule has 2 aliphatic rings. The van der Waals surface area contributed by atoms with Crippen LogP contribution in [0.15, 0.2) is 54.6 Å². The molecule has 2 aliphatic heterocycles. The normalized spacial score (nSPS) is 14.9. The van der Waals surface area contributed by atoms with Crippen LogP contribution in [0.3, 0.4) is 0 Å². The van der Waals surface area contributed by atoms with Crippen molar-refractivity contribution in [3.8, 4) is 28.5 Å².